The number of esters is 1. The predicted molar refractivity (Wildman–Crippen MR) is 129 cm³/mol. The first-order valence-electron chi connectivity index (χ1n) is 11.0. The van der Waals surface area contributed by atoms with Gasteiger partial charge in [-0.05, 0) is 12.5 Å². The van der Waals surface area contributed by atoms with Gasteiger partial charge < -0.3 is 14.5 Å². The maximum Gasteiger partial charge on any atom is 0.306 e. The molecule has 1 N–H and O–H groups in total. The van der Waals surface area contributed by atoms with Crippen LogP contribution in [0.25, 0.3) is 11.3 Å². The Hall–Kier alpha value is -3.78. The van der Waals surface area contributed by atoms with Crippen molar-refractivity contribution in [1.82, 2.24) is 15.3 Å². The molecule has 2 aromatic carbocycles. The highest BCUT2D eigenvalue weighted by molar-refractivity contribution is 7.09. The van der Waals surface area contributed by atoms with Crippen molar-refractivity contribution in [2.24, 2.45) is 0 Å². The molecular formula is C26H25N3O4S. The van der Waals surface area contributed by atoms with E-state index in [4.69, 9.17) is 9.15 Å². The Kier molecular flexibility index (Phi) is 7.83. The summed E-state index contributed by atoms with van der Waals surface area (Å²) in [7, 11) is 0. The van der Waals surface area contributed by atoms with Gasteiger partial charge in [-0.1, -0.05) is 60.2 Å². The third kappa shape index (κ3) is 6.86. The molecule has 0 radical (unpaired) electrons. The van der Waals surface area contributed by atoms with Gasteiger partial charge in [0.05, 0.1) is 24.7 Å². The predicted octanol–water partition coefficient (Wildman–Crippen LogP) is 4.64. The van der Waals surface area contributed by atoms with Gasteiger partial charge in [0.25, 0.3) is 0 Å². The summed E-state index contributed by atoms with van der Waals surface area (Å²) in [5, 5.41) is 5.36. The van der Waals surface area contributed by atoms with Crippen LogP contribution in [0.1, 0.15) is 34.1 Å². The number of rotatable bonds is 10. The first-order chi connectivity index (χ1) is 16.5. The fourth-order valence-corrected chi connectivity index (χ4v) is 3.98. The Labute approximate surface area is 201 Å². The highest BCUT2D eigenvalue weighted by Gasteiger charge is 2.12. The van der Waals surface area contributed by atoms with E-state index < -0.39 is 0 Å². The Morgan fingerprint density at radius 3 is 2.68 bits per heavy atom. The number of carbonyl (C=O) groups is 2. The van der Waals surface area contributed by atoms with Gasteiger partial charge in [-0.2, -0.15) is 0 Å². The minimum Gasteiger partial charge on any atom is -0.459 e. The molecule has 0 saturated heterocycles. The summed E-state index contributed by atoms with van der Waals surface area (Å²) in [4.78, 5) is 32.9. The van der Waals surface area contributed by atoms with E-state index >= 15 is 0 Å². The highest BCUT2D eigenvalue weighted by Crippen LogP contribution is 2.21. The molecule has 0 fully saturated rings. The van der Waals surface area contributed by atoms with E-state index in [0.29, 0.717) is 35.3 Å². The first-order valence-corrected chi connectivity index (χ1v) is 11.8. The lowest BCUT2D eigenvalue weighted by Crippen LogP contribution is -2.24. The summed E-state index contributed by atoms with van der Waals surface area (Å²) in [6.07, 6.45) is 2.37. The Morgan fingerprint density at radius 1 is 1.09 bits per heavy atom. The van der Waals surface area contributed by atoms with Crippen molar-refractivity contribution in [1.29, 1.82) is 0 Å². The molecule has 0 unspecified atom stereocenters. The van der Waals surface area contributed by atoms with Crippen LogP contribution in [0.15, 0.2) is 70.6 Å². The van der Waals surface area contributed by atoms with Gasteiger partial charge in [0.2, 0.25) is 5.91 Å². The SMILES string of the molecule is Cc1ccc(-c2cnc(CCC(=O)OCc3csc(CC(=O)NCc4ccccc4)n3)o2)cc1. The smallest absolute Gasteiger partial charge is 0.306 e. The first kappa shape index (κ1) is 23.4. The summed E-state index contributed by atoms with van der Waals surface area (Å²) < 4.78 is 11.1. The van der Waals surface area contributed by atoms with Gasteiger partial charge in [-0.3, -0.25) is 9.59 Å². The molecule has 0 aliphatic rings. The van der Waals surface area contributed by atoms with Crippen molar-refractivity contribution < 1.29 is 18.7 Å². The van der Waals surface area contributed by atoms with Crippen LogP contribution in [0.5, 0.6) is 0 Å². The van der Waals surface area contributed by atoms with Crippen LogP contribution in [0, 0.1) is 6.92 Å². The molecule has 8 heteroatoms. The Balaban J connectivity index is 1.17. The number of ether oxygens (including phenoxy) is 1. The van der Waals surface area contributed by atoms with Crippen LogP contribution in [-0.4, -0.2) is 21.8 Å². The van der Waals surface area contributed by atoms with Crippen molar-refractivity contribution in [3.8, 4) is 11.3 Å². The number of nitrogens with zero attached hydrogens (tertiary/aromatic N) is 2. The van der Waals surface area contributed by atoms with Crippen LogP contribution in [-0.2, 0) is 40.3 Å². The molecule has 1 amide bonds. The number of hydrogen-bond acceptors (Lipinski definition) is 7. The van der Waals surface area contributed by atoms with E-state index in [-0.39, 0.29) is 31.3 Å². The number of oxazole rings is 1. The molecular weight excluding hydrogens is 450 g/mol. The number of aryl methyl sites for hydroxylation is 2. The normalized spacial score (nSPS) is 10.7. The average Bonchev–Trinajstić information content (AvgIpc) is 3.51. The van der Waals surface area contributed by atoms with Gasteiger partial charge in [0, 0.05) is 23.9 Å². The number of thiazole rings is 1. The Bertz CT molecular complexity index is 1230. The minimum absolute atomic E-state index is 0.0706. The zero-order valence-corrected chi connectivity index (χ0v) is 19.6. The lowest BCUT2D eigenvalue weighted by atomic mass is 10.1. The molecule has 0 spiro atoms. The topological polar surface area (TPSA) is 94.3 Å². The molecule has 0 bridgehead atoms. The molecule has 0 aliphatic heterocycles. The molecule has 174 valence electrons. The molecule has 0 saturated carbocycles. The van der Waals surface area contributed by atoms with Crippen molar-refractivity contribution in [2.45, 2.75) is 39.3 Å². The molecule has 0 atom stereocenters. The van der Waals surface area contributed by atoms with E-state index in [2.05, 4.69) is 15.3 Å². The fourth-order valence-electron chi connectivity index (χ4n) is 3.21. The monoisotopic (exact) mass is 475 g/mol. The summed E-state index contributed by atoms with van der Waals surface area (Å²) >= 11 is 1.37. The van der Waals surface area contributed by atoms with Crippen LogP contribution in [0.3, 0.4) is 0 Å². The third-order valence-electron chi connectivity index (χ3n) is 5.06. The van der Waals surface area contributed by atoms with Gasteiger partial charge in [0.15, 0.2) is 11.7 Å². The van der Waals surface area contributed by atoms with E-state index in [1.165, 1.54) is 16.9 Å². The van der Waals surface area contributed by atoms with Gasteiger partial charge >= 0.3 is 5.97 Å². The van der Waals surface area contributed by atoms with Crippen molar-refractivity contribution >= 4 is 23.2 Å². The van der Waals surface area contributed by atoms with Crippen molar-refractivity contribution in [3.63, 3.8) is 0 Å². The van der Waals surface area contributed by atoms with E-state index in [0.717, 1.165) is 11.1 Å². The molecule has 2 aromatic heterocycles. The summed E-state index contributed by atoms with van der Waals surface area (Å²) in [6, 6.07) is 17.7. The van der Waals surface area contributed by atoms with E-state index in [1.54, 1.807) is 11.6 Å². The number of hydrogen-bond donors (Lipinski definition) is 1. The van der Waals surface area contributed by atoms with E-state index in [1.807, 2.05) is 61.5 Å². The standard InChI is InChI=1S/C26H25N3O4S/c1-18-7-9-20(10-8-18)22-15-28-24(33-22)11-12-26(31)32-16-21-17-34-25(29-21)13-23(30)27-14-19-5-3-2-4-6-19/h2-10,15,17H,11-14,16H2,1H3,(H,27,30). The van der Waals surface area contributed by atoms with Crippen LogP contribution in [0.2, 0.25) is 0 Å². The molecule has 34 heavy (non-hydrogen) atoms. The maximum atomic E-state index is 12.1. The largest absolute Gasteiger partial charge is 0.459 e. The number of amides is 1. The number of nitrogens with one attached hydrogen (secondary N) is 1. The second-order valence-electron chi connectivity index (χ2n) is 7.82. The summed E-state index contributed by atoms with van der Waals surface area (Å²) in [5.74, 6) is 0.708. The molecule has 0 aliphatic carbocycles. The second kappa shape index (κ2) is 11.4. The third-order valence-corrected chi connectivity index (χ3v) is 5.95. The average molecular weight is 476 g/mol. The Morgan fingerprint density at radius 2 is 1.88 bits per heavy atom. The van der Waals surface area contributed by atoms with Crippen LogP contribution in [0.4, 0.5) is 0 Å². The summed E-state index contributed by atoms with van der Waals surface area (Å²) in [6.45, 7) is 2.57. The van der Waals surface area contributed by atoms with Gasteiger partial charge in [-0.15, -0.1) is 11.3 Å². The lowest BCUT2D eigenvalue weighted by Gasteiger charge is -2.04. The molecule has 2 heterocycles. The second-order valence-corrected chi connectivity index (χ2v) is 8.76. The zero-order valence-electron chi connectivity index (χ0n) is 18.8. The minimum atomic E-state index is -0.356. The van der Waals surface area contributed by atoms with Crippen LogP contribution >= 0.6 is 11.3 Å². The highest BCUT2D eigenvalue weighted by atomic mass is 32.1. The summed E-state index contributed by atoms with van der Waals surface area (Å²) in [5.41, 5.74) is 3.78. The maximum absolute atomic E-state index is 12.1. The molecule has 7 nitrogen and oxygen atoms in total. The zero-order chi connectivity index (χ0) is 23.8. The number of benzene rings is 2. The van der Waals surface area contributed by atoms with Gasteiger partial charge in [0.1, 0.15) is 11.6 Å². The molecule has 4 rings (SSSR count). The van der Waals surface area contributed by atoms with Crippen molar-refractivity contribution in [3.05, 3.63) is 93.9 Å². The van der Waals surface area contributed by atoms with Gasteiger partial charge in [-0.25, -0.2) is 9.97 Å². The van der Waals surface area contributed by atoms with E-state index in [9.17, 15) is 9.59 Å². The van der Waals surface area contributed by atoms with Crippen molar-refractivity contribution in [2.75, 3.05) is 0 Å². The number of aromatic nitrogens is 2. The molecule has 4 aromatic rings. The number of carbonyl (C=O) groups excluding carboxylic acids is 2. The van der Waals surface area contributed by atoms with Crippen LogP contribution < -0.4 is 5.32 Å². The lowest BCUT2D eigenvalue weighted by molar-refractivity contribution is -0.145. The fraction of sp³-hybridized carbons (Fsp3) is 0.231. The quantitative estimate of drug-likeness (QED) is 0.336.